The second-order valence-electron chi connectivity index (χ2n) is 6.58. The topological polar surface area (TPSA) is 49.9 Å². The van der Waals surface area contributed by atoms with E-state index in [9.17, 15) is 9.59 Å². The minimum absolute atomic E-state index is 0.147. The monoisotopic (exact) mass is 330 g/mol. The number of amides is 2. The summed E-state index contributed by atoms with van der Waals surface area (Å²) in [6, 6.07) is 6.08. The van der Waals surface area contributed by atoms with Crippen molar-refractivity contribution in [3.63, 3.8) is 0 Å². The van der Waals surface area contributed by atoms with E-state index in [2.05, 4.69) is 6.07 Å². The average Bonchev–Trinajstić information content (AvgIpc) is 2.62. The van der Waals surface area contributed by atoms with E-state index in [-0.39, 0.29) is 11.8 Å². The lowest BCUT2D eigenvalue weighted by Gasteiger charge is -2.35. The Morgan fingerprint density at radius 3 is 2.50 bits per heavy atom. The van der Waals surface area contributed by atoms with Crippen molar-refractivity contribution >= 4 is 11.8 Å². The smallest absolute Gasteiger partial charge is 0.227 e. The molecule has 0 bridgehead atoms. The average molecular weight is 330 g/mol. The van der Waals surface area contributed by atoms with Gasteiger partial charge in [0.1, 0.15) is 5.75 Å². The van der Waals surface area contributed by atoms with E-state index in [0.29, 0.717) is 39.0 Å². The first kappa shape index (κ1) is 16.8. The van der Waals surface area contributed by atoms with Crippen molar-refractivity contribution in [1.82, 2.24) is 9.80 Å². The molecule has 5 nitrogen and oxygen atoms in total. The third kappa shape index (κ3) is 3.89. The van der Waals surface area contributed by atoms with Gasteiger partial charge in [0.05, 0.1) is 13.0 Å². The number of hydrogen-bond acceptors (Lipinski definition) is 3. The van der Waals surface area contributed by atoms with Crippen LogP contribution in [0.5, 0.6) is 5.75 Å². The number of benzene rings is 1. The predicted octanol–water partition coefficient (Wildman–Crippen LogP) is 2.02. The largest absolute Gasteiger partial charge is 0.493 e. The molecule has 1 fully saturated rings. The minimum atomic E-state index is 0.147. The Balaban J connectivity index is 1.53. The zero-order valence-electron chi connectivity index (χ0n) is 14.4. The Bertz CT molecular complexity index is 607. The molecule has 24 heavy (non-hydrogen) atoms. The quantitative estimate of drug-likeness (QED) is 0.849. The van der Waals surface area contributed by atoms with Gasteiger partial charge in [0.2, 0.25) is 11.8 Å². The van der Waals surface area contributed by atoms with Crippen molar-refractivity contribution in [3.8, 4) is 5.75 Å². The number of ether oxygens (including phenoxy) is 1. The molecule has 130 valence electrons. The molecular formula is C19H26N2O3. The van der Waals surface area contributed by atoms with Crippen LogP contribution in [0.4, 0.5) is 0 Å². The van der Waals surface area contributed by atoms with Gasteiger partial charge in [-0.05, 0) is 36.5 Å². The van der Waals surface area contributed by atoms with E-state index in [1.807, 2.05) is 28.9 Å². The highest BCUT2D eigenvalue weighted by Crippen LogP contribution is 2.26. The molecule has 2 aliphatic rings. The van der Waals surface area contributed by atoms with Gasteiger partial charge in [-0.15, -0.1) is 0 Å². The number of aryl methyl sites for hydroxylation is 1. The maximum atomic E-state index is 12.5. The van der Waals surface area contributed by atoms with Crippen molar-refractivity contribution in [1.29, 1.82) is 0 Å². The molecule has 0 N–H and O–H groups in total. The maximum Gasteiger partial charge on any atom is 0.227 e. The second kappa shape index (κ2) is 7.69. The van der Waals surface area contributed by atoms with Gasteiger partial charge in [0.25, 0.3) is 0 Å². The Labute approximate surface area is 143 Å². The summed E-state index contributed by atoms with van der Waals surface area (Å²) in [5.74, 6) is 1.31. The molecule has 1 aromatic carbocycles. The SMILES string of the molecule is CCCC(=O)N1CCN(C(=O)Cc2ccc3c(c2)CCCO3)CC1. The predicted molar refractivity (Wildman–Crippen MR) is 92.0 cm³/mol. The second-order valence-corrected chi connectivity index (χ2v) is 6.58. The van der Waals surface area contributed by atoms with Gasteiger partial charge in [0.15, 0.2) is 0 Å². The highest BCUT2D eigenvalue weighted by Gasteiger charge is 2.23. The first-order valence-electron chi connectivity index (χ1n) is 8.97. The van der Waals surface area contributed by atoms with Gasteiger partial charge in [0, 0.05) is 32.6 Å². The molecule has 5 heteroatoms. The summed E-state index contributed by atoms with van der Waals surface area (Å²) in [6.45, 7) is 5.39. The van der Waals surface area contributed by atoms with Crippen LogP contribution in [0.3, 0.4) is 0 Å². The van der Waals surface area contributed by atoms with Crippen LogP contribution in [0.15, 0.2) is 18.2 Å². The van der Waals surface area contributed by atoms with Gasteiger partial charge >= 0.3 is 0 Å². The molecule has 1 aromatic rings. The molecule has 3 rings (SSSR count). The van der Waals surface area contributed by atoms with Gasteiger partial charge < -0.3 is 14.5 Å². The van der Waals surface area contributed by atoms with Gasteiger partial charge in [-0.2, -0.15) is 0 Å². The van der Waals surface area contributed by atoms with E-state index < -0.39 is 0 Å². The molecule has 1 saturated heterocycles. The Hall–Kier alpha value is -2.04. The molecule has 0 saturated carbocycles. The van der Waals surface area contributed by atoms with Crippen molar-refractivity contribution in [2.45, 2.75) is 39.0 Å². The van der Waals surface area contributed by atoms with Crippen LogP contribution < -0.4 is 4.74 Å². The Morgan fingerprint density at radius 1 is 1.08 bits per heavy atom. The highest BCUT2D eigenvalue weighted by atomic mass is 16.5. The van der Waals surface area contributed by atoms with Crippen molar-refractivity contribution < 1.29 is 14.3 Å². The maximum absolute atomic E-state index is 12.5. The normalized spacial score (nSPS) is 17.2. The van der Waals surface area contributed by atoms with Crippen LogP contribution in [-0.2, 0) is 22.4 Å². The highest BCUT2D eigenvalue weighted by molar-refractivity contribution is 5.80. The zero-order valence-corrected chi connectivity index (χ0v) is 14.4. The molecule has 0 unspecified atom stereocenters. The number of fused-ring (bicyclic) bond motifs is 1. The fourth-order valence-electron chi connectivity index (χ4n) is 3.39. The summed E-state index contributed by atoms with van der Waals surface area (Å²) in [5, 5.41) is 0. The minimum Gasteiger partial charge on any atom is -0.493 e. The number of carbonyl (C=O) groups is 2. The van der Waals surface area contributed by atoms with Crippen LogP contribution in [0, 0.1) is 0 Å². The molecule has 2 amide bonds. The van der Waals surface area contributed by atoms with Crippen LogP contribution in [0.25, 0.3) is 0 Å². The van der Waals surface area contributed by atoms with E-state index in [1.54, 1.807) is 0 Å². The molecule has 0 aromatic heterocycles. The third-order valence-electron chi connectivity index (χ3n) is 4.78. The van der Waals surface area contributed by atoms with E-state index in [1.165, 1.54) is 5.56 Å². The van der Waals surface area contributed by atoms with Crippen molar-refractivity contribution in [3.05, 3.63) is 29.3 Å². The number of hydrogen-bond donors (Lipinski definition) is 0. The molecular weight excluding hydrogens is 304 g/mol. The zero-order chi connectivity index (χ0) is 16.9. The number of carbonyl (C=O) groups excluding carboxylic acids is 2. The van der Waals surface area contributed by atoms with Crippen molar-refractivity contribution in [2.24, 2.45) is 0 Å². The summed E-state index contributed by atoms with van der Waals surface area (Å²) in [6.07, 6.45) is 3.97. The lowest BCUT2D eigenvalue weighted by Crippen LogP contribution is -2.50. The molecule has 0 radical (unpaired) electrons. The standard InChI is InChI=1S/C19H26N2O3/c1-2-4-18(22)20-8-10-21(11-9-20)19(23)14-15-6-7-17-16(13-15)5-3-12-24-17/h6-7,13H,2-5,8-12,14H2,1H3. The summed E-state index contributed by atoms with van der Waals surface area (Å²) in [7, 11) is 0. The summed E-state index contributed by atoms with van der Waals surface area (Å²) < 4.78 is 5.62. The fraction of sp³-hybridized carbons (Fsp3) is 0.579. The third-order valence-corrected chi connectivity index (χ3v) is 4.78. The summed E-state index contributed by atoms with van der Waals surface area (Å²) >= 11 is 0. The number of piperazine rings is 1. The lowest BCUT2D eigenvalue weighted by atomic mass is 10.0. The van der Waals surface area contributed by atoms with Crippen LogP contribution in [-0.4, -0.2) is 54.4 Å². The first-order chi connectivity index (χ1) is 11.7. The number of rotatable bonds is 4. The van der Waals surface area contributed by atoms with Gasteiger partial charge in [-0.1, -0.05) is 19.1 Å². The number of nitrogens with zero attached hydrogens (tertiary/aromatic N) is 2. The lowest BCUT2D eigenvalue weighted by molar-refractivity contribution is -0.139. The molecule has 2 heterocycles. The van der Waals surface area contributed by atoms with Crippen LogP contribution in [0.2, 0.25) is 0 Å². The molecule has 0 atom stereocenters. The van der Waals surface area contributed by atoms with Gasteiger partial charge in [-0.3, -0.25) is 9.59 Å². The van der Waals surface area contributed by atoms with Crippen molar-refractivity contribution in [2.75, 3.05) is 32.8 Å². The Morgan fingerprint density at radius 2 is 1.79 bits per heavy atom. The molecule has 0 spiro atoms. The van der Waals surface area contributed by atoms with Gasteiger partial charge in [-0.25, -0.2) is 0 Å². The van der Waals surface area contributed by atoms with E-state index in [4.69, 9.17) is 4.74 Å². The summed E-state index contributed by atoms with van der Waals surface area (Å²) in [4.78, 5) is 28.2. The Kier molecular flexibility index (Phi) is 5.38. The molecule has 0 aliphatic carbocycles. The van der Waals surface area contributed by atoms with E-state index in [0.717, 1.165) is 37.2 Å². The summed E-state index contributed by atoms with van der Waals surface area (Å²) in [5.41, 5.74) is 2.26. The molecule has 2 aliphatic heterocycles. The van der Waals surface area contributed by atoms with E-state index >= 15 is 0 Å². The first-order valence-corrected chi connectivity index (χ1v) is 8.97. The van der Waals surface area contributed by atoms with Crippen LogP contribution >= 0.6 is 0 Å². The fourth-order valence-corrected chi connectivity index (χ4v) is 3.39. The van der Waals surface area contributed by atoms with Crippen LogP contribution in [0.1, 0.15) is 37.3 Å².